The van der Waals surface area contributed by atoms with Gasteiger partial charge in [0.1, 0.15) is 5.82 Å². The van der Waals surface area contributed by atoms with Crippen molar-refractivity contribution in [3.63, 3.8) is 0 Å². The van der Waals surface area contributed by atoms with Gasteiger partial charge in [0.25, 0.3) is 5.56 Å². The molecule has 1 fully saturated rings. The average molecular weight is 387 g/mol. The molecule has 5 rings (SSSR count). The number of rotatable bonds is 4. The van der Waals surface area contributed by atoms with Crippen LogP contribution >= 0.6 is 0 Å². The van der Waals surface area contributed by atoms with Crippen molar-refractivity contribution in [1.29, 1.82) is 0 Å². The third kappa shape index (κ3) is 3.61. The van der Waals surface area contributed by atoms with Crippen molar-refractivity contribution in [3.8, 4) is 11.3 Å². The van der Waals surface area contributed by atoms with Crippen LogP contribution in [-0.2, 0) is 6.54 Å². The molecule has 0 N–H and O–H groups in total. The van der Waals surface area contributed by atoms with E-state index in [1.54, 1.807) is 40.1 Å². The van der Waals surface area contributed by atoms with E-state index in [-0.39, 0.29) is 5.56 Å². The lowest BCUT2D eigenvalue weighted by molar-refractivity contribution is 0.350. The number of pyridine rings is 1. The Morgan fingerprint density at radius 2 is 1.97 bits per heavy atom. The Morgan fingerprint density at radius 3 is 2.76 bits per heavy atom. The quantitative estimate of drug-likeness (QED) is 0.534. The molecule has 4 aromatic heterocycles. The number of nitrogens with zero attached hydrogens (tertiary/aromatic N) is 7. The van der Waals surface area contributed by atoms with Crippen LogP contribution in [0, 0.1) is 5.92 Å². The average Bonchev–Trinajstić information content (AvgIpc) is 3.24. The first-order chi connectivity index (χ1) is 14.3. The molecule has 0 unspecified atom stereocenters. The van der Waals surface area contributed by atoms with Crippen molar-refractivity contribution in [2.45, 2.75) is 19.4 Å². The third-order valence-electron chi connectivity index (χ3n) is 5.47. The molecule has 0 bridgehead atoms. The lowest BCUT2D eigenvalue weighted by atomic mass is 9.96. The van der Waals surface area contributed by atoms with E-state index in [9.17, 15) is 4.79 Å². The lowest BCUT2D eigenvalue weighted by Gasteiger charge is -2.32. The zero-order valence-corrected chi connectivity index (χ0v) is 15.9. The number of anilines is 1. The molecule has 29 heavy (non-hydrogen) atoms. The molecule has 1 aliphatic heterocycles. The first-order valence-corrected chi connectivity index (χ1v) is 9.78. The van der Waals surface area contributed by atoms with Crippen LogP contribution in [0.2, 0.25) is 0 Å². The Bertz CT molecular complexity index is 1180. The fourth-order valence-corrected chi connectivity index (χ4v) is 3.83. The fourth-order valence-electron chi connectivity index (χ4n) is 3.83. The summed E-state index contributed by atoms with van der Waals surface area (Å²) in [6, 6.07) is 9.36. The Hall–Kier alpha value is -3.55. The highest BCUT2D eigenvalue weighted by molar-refractivity contribution is 5.56. The van der Waals surface area contributed by atoms with Gasteiger partial charge in [0.05, 0.1) is 12.0 Å². The zero-order chi connectivity index (χ0) is 19.6. The van der Waals surface area contributed by atoms with Gasteiger partial charge in [-0.1, -0.05) is 0 Å². The molecular weight excluding hydrogens is 366 g/mol. The molecule has 146 valence electrons. The number of hydrogen-bond acceptors (Lipinski definition) is 6. The van der Waals surface area contributed by atoms with Crippen LogP contribution in [0.25, 0.3) is 16.9 Å². The largest absolute Gasteiger partial charge is 0.355 e. The Kier molecular flexibility index (Phi) is 4.51. The van der Waals surface area contributed by atoms with Crippen LogP contribution in [0.15, 0.2) is 66.2 Å². The molecule has 0 atom stereocenters. The summed E-state index contributed by atoms with van der Waals surface area (Å²) >= 11 is 0. The van der Waals surface area contributed by atoms with E-state index in [0.29, 0.717) is 18.2 Å². The van der Waals surface area contributed by atoms with Crippen LogP contribution in [0.3, 0.4) is 0 Å². The Morgan fingerprint density at radius 1 is 1.07 bits per heavy atom. The summed E-state index contributed by atoms with van der Waals surface area (Å²) in [6.07, 6.45) is 10.7. The maximum absolute atomic E-state index is 12.5. The highest BCUT2D eigenvalue weighted by Gasteiger charge is 2.21. The van der Waals surface area contributed by atoms with E-state index in [4.69, 9.17) is 0 Å². The molecule has 1 aliphatic rings. The van der Waals surface area contributed by atoms with E-state index >= 15 is 0 Å². The Labute approximate surface area is 167 Å². The van der Waals surface area contributed by atoms with Gasteiger partial charge in [0.2, 0.25) is 0 Å². The van der Waals surface area contributed by atoms with Gasteiger partial charge in [0.15, 0.2) is 5.65 Å². The predicted molar refractivity (Wildman–Crippen MR) is 110 cm³/mol. The summed E-state index contributed by atoms with van der Waals surface area (Å²) in [7, 11) is 0. The topological polar surface area (TPSA) is 81.2 Å². The minimum atomic E-state index is -0.0199. The molecule has 8 nitrogen and oxygen atoms in total. The summed E-state index contributed by atoms with van der Waals surface area (Å²) in [5, 5.41) is 4.63. The van der Waals surface area contributed by atoms with Crippen LogP contribution in [0.1, 0.15) is 12.8 Å². The van der Waals surface area contributed by atoms with Crippen molar-refractivity contribution < 1.29 is 0 Å². The molecule has 0 aromatic carbocycles. The first-order valence-electron chi connectivity index (χ1n) is 9.78. The van der Waals surface area contributed by atoms with Crippen molar-refractivity contribution >= 4 is 11.5 Å². The van der Waals surface area contributed by atoms with Gasteiger partial charge >= 0.3 is 0 Å². The first kappa shape index (κ1) is 17.5. The smallest absolute Gasteiger partial charge is 0.253 e. The standard InChI is InChI=1S/C21H21N7O/c29-21-12-18(17-2-1-7-22-13-17)24-15-27(21)14-16-5-9-26(10-6-16)20-4-3-19-23-8-11-28(19)25-20/h1-4,7-8,11-13,15-16H,5-6,9-10,14H2. The number of fused-ring (bicyclic) bond motifs is 1. The second kappa shape index (κ2) is 7.46. The Balaban J connectivity index is 1.24. The second-order valence-electron chi connectivity index (χ2n) is 7.36. The molecule has 1 saturated heterocycles. The summed E-state index contributed by atoms with van der Waals surface area (Å²) in [5.74, 6) is 1.42. The van der Waals surface area contributed by atoms with Crippen LogP contribution < -0.4 is 10.5 Å². The van der Waals surface area contributed by atoms with E-state index in [2.05, 4.69) is 25.0 Å². The summed E-state index contributed by atoms with van der Waals surface area (Å²) in [6.45, 7) is 2.54. The van der Waals surface area contributed by atoms with Gasteiger partial charge < -0.3 is 4.90 Å². The highest BCUT2D eigenvalue weighted by Crippen LogP contribution is 2.23. The molecule has 0 amide bonds. The van der Waals surface area contributed by atoms with Crippen molar-refractivity contribution in [1.82, 2.24) is 29.1 Å². The van der Waals surface area contributed by atoms with E-state index < -0.39 is 0 Å². The van der Waals surface area contributed by atoms with Crippen molar-refractivity contribution in [2.24, 2.45) is 5.92 Å². The maximum atomic E-state index is 12.5. The van der Waals surface area contributed by atoms with Gasteiger partial charge in [-0.3, -0.25) is 14.3 Å². The predicted octanol–water partition coefficient (Wildman–Crippen LogP) is 2.26. The van der Waals surface area contributed by atoms with E-state index in [1.165, 1.54) is 0 Å². The van der Waals surface area contributed by atoms with Gasteiger partial charge in [-0.15, -0.1) is 5.10 Å². The molecule has 0 aliphatic carbocycles. The number of imidazole rings is 1. The molecule has 5 heterocycles. The van der Waals surface area contributed by atoms with Gasteiger partial charge in [0, 0.05) is 56.1 Å². The highest BCUT2D eigenvalue weighted by atomic mass is 16.1. The maximum Gasteiger partial charge on any atom is 0.253 e. The van der Waals surface area contributed by atoms with Crippen LogP contribution in [0.5, 0.6) is 0 Å². The number of piperidine rings is 1. The number of aromatic nitrogens is 6. The molecule has 4 aromatic rings. The zero-order valence-electron chi connectivity index (χ0n) is 15.9. The monoisotopic (exact) mass is 387 g/mol. The van der Waals surface area contributed by atoms with Gasteiger partial charge in [-0.05, 0) is 43.0 Å². The molecular formula is C21H21N7O. The van der Waals surface area contributed by atoms with E-state index in [1.807, 2.05) is 30.5 Å². The van der Waals surface area contributed by atoms with Gasteiger partial charge in [-0.2, -0.15) is 0 Å². The number of hydrogen-bond donors (Lipinski definition) is 0. The minimum Gasteiger partial charge on any atom is -0.355 e. The van der Waals surface area contributed by atoms with Crippen LogP contribution in [0.4, 0.5) is 5.82 Å². The van der Waals surface area contributed by atoms with Crippen molar-refractivity contribution in [2.75, 3.05) is 18.0 Å². The molecule has 0 saturated carbocycles. The van der Waals surface area contributed by atoms with Crippen molar-refractivity contribution in [3.05, 3.63) is 71.8 Å². The second-order valence-corrected chi connectivity index (χ2v) is 7.36. The lowest BCUT2D eigenvalue weighted by Crippen LogP contribution is -2.37. The van der Waals surface area contributed by atoms with E-state index in [0.717, 1.165) is 43.0 Å². The summed E-state index contributed by atoms with van der Waals surface area (Å²) < 4.78 is 3.52. The SMILES string of the molecule is O=c1cc(-c2cccnc2)ncn1CC1CCN(c2ccc3nccn3n2)CC1. The summed E-state index contributed by atoms with van der Waals surface area (Å²) in [5.41, 5.74) is 2.35. The molecule has 8 heteroatoms. The van der Waals surface area contributed by atoms with Gasteiger partial charge in [-0.25, -0.2) is 14.5 Å². The molecule has 0 spiro atoms. The normalized spacial score (nSPS) is 15.1. The summed E-state index contributed by atoms with van der Waals surface area (Å²) in [4.78, 5) is 27.6. The van der Waals surface area contributed by atoms with Crippen LogP contribution in [-0.4, -0.2) is 42.2 Å². The minimum absolute atomic E-state index is 0.0199. The third-order valence-corrected chi connectivity index (χ3v) is 5.47. The fraction of sp³-hybridized carbons (Fsp3) is 0.286. The molecule has 0 radical (unpaired) electrons.